The van der Waals surface area contributed by atoms with Gasteiger partial charge in [-0.2, -0.15) is 0 Å². The highest BCUT2D eigenvalue weighted by atomic mass is 16.5. The Morgan fingerprint density at radius 2 is 1.65 bits per heavy atom. The van der Waals surface area contributed by atoms with Crippen molar-refractivity contribution < 1.29 is 29.3 Å². The Bertz CT molecular complexity index is 543. The van der Waals surface area contributed by atoms with Crippen LogP contribution in [0.2, 0.25) is 0 Å². The number of carbonyl (C=O) groups is 2. The molecule has 26 heavy (non-hydrogen) atoms. The predicted octanol–water partition coefficient (Wildman–Crippen LogP) is 2.74. The molecular formula is C19H29NO6. The molecule has 0 saturated carbocycles. The number of piperidine rings is 1. The fourth-order valence-corrected chi connectivity index (χ4v) is 2.64. The Morgan fingerprint density at radius 1 is 1.08 bits per heavy atom. The fraction of sp³-hybridized carbons (Fsp3) is 0.579. The zero-order valence-electron chi connectivity index (χ0n) is 15.5. The maximum absolute atomic E-state index is 9.10. The van der Waals surface area contributed by atoms with Crippen LogP contribution in [0.15, 0.2) is 24.3 Å². The number of hydrogen-bond donors (Lipinski definition) is 2. The van der Waals surface area contributed by atoms with Gasteiger partial charge in [0.25, 0.3) is 0 Å². The molecule has 7 heteroatoms. The number of carboxylic acids is 2. The van der Waals surface area contributed by atoms with Crippen molar-refractivity contribution in [3.05, 3.63) is 24.3 Å². The lowest BCUT2D eigenvalue weighted by Gasteiger charge is -2.30. The minimum Gasteiger partial charge on any atom is -0.493 e. The summed E-state index contributed by atoms with van der Waals surface area (Å²) in [7, 11) is 1.68. The van der Waals surface area contributed by atoms with Gasteiger partial charge in [0, 0.05) is 0 Å². The van der Waals surface area contributed by atoms with E-state index in [1.165, 1.54) is 38.9 Å². The summed E-state index contributed by atoms with van der Waals surface area (Å²) < 4.78 is 11.1. The number of ether oxygens (including phenoxy) is 2. The maximum Gasteiger partial charge on any atom is 0.414 e. The van der Waals surface area contributed by atoms with Crippen molar-refractivity contribution in [1.29, 1.82) is 0 Å². The van der Waals surface area contributed by atoms with Crippen LogP contribution in [0.4, 0.5) is 0 Å². The molecule has 1 fully saturated rings. The molecule has 1 saturated heterocycles. The lowest BCUT2D eigenvalue weighted by atomic mass is 9.99. The molecule has 7 nitrogen and oxygen atoms in total. The van der Waals surface area contributed by atoms with Crippen LogP contribution in [0.3, 0.4) is 0 Å². The van der Waals surface area contributed by atoms with Gasteiger partial charge in [0.05, 0.1) is 13.7 Å². The van der Waals surface area contributed by atoms with E-state index in [-0.39, 0.29) is 0 Å². The molecule has 0 aromatic heterocycles. The molecule has 0 radical (unpaired) electrons. The van der Waals surface area contributed by atoms with Crippen molar-refractivity contribution in [3.8, 4) is 11.5 Å². The number of methoxy groups -OCH3 is 1. The third kappa shape index (κ3) is 8.71. The normalized spacial score (nSPS) is 14.8. The second kappa shape index (κ2) is 12.1. The number of unbranched alkanes of at least 4 members (excludes halogenated alkanes) is 1. The standard InChI is InChI=1S/C17H27NO2.C2H2O4/c1-15-9-12-18(13-10-15)11-5-6-14-20-17-8-4-3-7-16(17)19-2;3-1(4)2(5)6/h3-4,7-8,15H,5-6,9-14H2,1-2H3;(H,3,4)(H,5,6). The largest absolute Gasteiger partial charge is 0.493 e. The Morgan fingerprint density at radius 3 is 2.19 bits per heavy atom. The smallest absolute Gasteiger partial charge is 0.414 e. The number of rotatable bonds is 7. The average molecular weight is 367 g/mol. The summed E-state index contributed by atoms with van der Waals surface area (Å²) in [6.45, 7) is 6.88. The van der Waals surface area contributed by atoms with Gasteiger partial charge in [-0.15, -0.1) is 0 Å². The van der Waals surface area contributed by atoms with E-state index in [9.17, 15) is 0 Å². The van der Waals surface area contributed by atoms with E-state index in [2.05, 4.69) is 11.8 Å². The molecule has 0 amide bonds. The number of hydrogen-bond acceptors (Lipinski definition) is 5. The molecule has 0 spiro atoms. The Labute approximate surface area is 154 Å². The van der Waals surface area contributed by atoms with Crippen molar-refractivity contribution >= 4 is 11.9 Å². The van der Waals surface area contributed by atoms with Gasteiger partial charge in [0.2, 0.25) is 0 Å². The van der Waals surface area contributed by atoms with Gasteiger partial charge in [0.15, 0.2) is 11.5 Å². The Balaban J connectivity index is 0.000000487. The van der Waals surface area contributed by atoms with Crippen molar-refractivity contribution in [2.75, 3.05) is 33.4 Å². The highest BCUT2D eigenvalue weighted by molar-refractivity contribution is 6.27. The van der Waals surface area contributed by atoms with Crippen LogP contribution < -0.4 is 9.47 Å². The molecule has 0 aliphatic carbocycles. The Hall–Kier alpha value is -2.28. The minimum absolute atomic E-state index is 0.768. The van der Waals surface area contributed by atoms with Crippen molar-refractivity contribution in [3.63, 3.8) is 0 Å². The minimum atomic E-state index is -1.82. The third-order valence-electron chi connectivity index (χ3n) is 4.25. The zero-order valence-corrected chi connectivity index (χ0v) is 15.5. The summed E-state index contributed by atoms with van der Waals surface area (Å²) in [6.07, 6.45) is 5.03. The van der Waals surface area contributed by atoms with E-state index in [0.29, 0.717) is 0 Å². The van der Waals surface area contributed by atoms with Gasteiger partial charge in [0.1, 0.15) is 0 Å². The molecule has 2 N–H and O–H groups in total. The van der Waals surface area contributed by atoms with E-state index in [1.807, 2.05) is 24.3 Å². The van der Waals surface area contributed by atoms with Crippen LogP contribution in [0.1, 0.15) is 32.6 Å². The summed E-state index contributed by atoms with van der Waals surface area (Å²) in [5.74, 6) is -1.07. The quantitative estimate of drug-likeness (QED) is 0.565. The number of para-hydroxylation sites is 2. The van der Waals surface area contributed by atoms with Crippen LogP contribution in [0.25, 0.3) is 0 Å². The highest BCUT2D eigenvalue weighted by Crippen LogP contribution is 2.25. The lowest BCUT2D eigenvalue weighted by Crippen LogP contribution is -2.33. The van der Waals surface area contributed by atoms with Crippen LogP contribution in [-0.4, -0.2) is 60.4 Å². The van der Waals surface area contributed by atoms with Crippen LogP contribution >= 0.6 is 0 Å². The predicted molar refractivity (Wildman–Crippen MR) is 97.8 cm³/mol. The first-order valence-electron chi connectivity index (χ1n) is 8.88. The van der Waals surface area contributed by atoms with E-state index in [4.69, 9.17) is 29.3 Å². The van der Waals surface area contributed by atoms with E-state index in [1.54, 1.807) is 7.11 Å². The lowest BCUT2D eigenvalue weighted by molar-refractivity contribution is -0.159. The van der Waals surface area contributed by atoms with E-state index < -0.39 is 11.9 Å². The summed E-state index contributed by atoms with van der Waals surface area (Å²) in [5, 5.41) is 14.8. The van der Waals surface area contributed by atoms with Gasteiger partial charge >= 0.3 is 11.9 Å². The van der Waals surface area contributed by atoms with Crippen molar-refractivity contribution in [2.45, 2.75) is 32.6 Å². The zero-order chi connectivity index (χ0) is 19.4. The summed E-state index contributed by atoms with van der Waals surface area (Å²) in [5.41, 5.74) is 0. The summed E-state index contributed by atoms with van der Waals surface area (Å²) in [4.78, 5) is 20.8. The maximum atomic E-state index is 9.10. The van der Waals surface area contributed by atoms with Gasteiger partial charge in [-0.25, -0.2) is 9.59 Å². The average Bonchev–Trinajstić information content (AvgIpc) is 2.63. The molecule has 1 heterocycles. The van der Waals surface area contributed by atoms with Gasteiger partial charge in [-0.1, -0.05) is 19.1 Å². The third-order valence-corrected chi connectivity index (χ3v) is 4.25. The van der Waals surface area contributed by atoms with Gasteiger partial charge in [-0.3, -0.25) is 0 Å². The number of carboxylic acid groups (broad SMARTS) is 2. The molecule has 1 aromatic rings. The number of aliphatic carboxylic acids is 2. The van der Waals surface area contributed by atoms with Crippen molar-refractivity contribution in [1.82, 2.24) is 4.90 Å². The first-order valence-corrected chi connectivity index (χ1v) is 8.88. The van der Waals surface area contributed by atoms with Crippen LogP contribution in [0.5, 0.6) is 11.5 Å². The SMILES string of the molecule is COc1ccccc1OCCCCN1CCC(C)CC1.O=C(O)C(=O)O. The molecule has 1 aliphatic rings. The summed E-state index contributed by atoms with van der Waals surface area (Å²) in [6, 6.07) is 7.84. The van der Waals surface area contributed by atoms with Crippen molar-refractivity contribution in [2.24, 2.45) is 5.92 Å². The molecule has 0 atom stereocenters. The second-order valence-electron chi connectivity index (χ2n) is 6.34. The van der Waals surface area contributed by atoms with Crippen LogP contribution in [0, 0.1) is 5.92 Å². The topological polar surface area (TPSA) is 96.3 Å². The molecular weight excluding hydrogens is 338 g/mol. The van der Waals surface area contributed by atoms with E-state index >= 15 is 0 Å². The highest BCUT2D eigenvalue weighted by Gasteiger charge is 2.14. The van der Waals surface area contributed by atoms with Gasteiger partial charge in [-0.05, 0) is 63.4 Å². The fourth-order valence-electron chi connectivity index (χ4n) is 2.64. The number of benzene rings is 1. The first kappa shape index (κ1) is 21.8. The Kier molecular flexibility index (Phi) is 10.2. The first-order chi connectivity index (χ1) is 12.4. The molecule has 0 unspecified atom stereocenters. The monoisotopic (exact) mass is 367 g/mol. The number of nitrogens with zero attached hydrogens (tertiary/aromatic N) is 1. The molecule has 2 rings (SSSR count). The summed E-state index contributed by atoms with van der Waals surface area (Å²) >= 11 is 0. The molecule has 1 aliphatic heterocycles. The van der Waals surface area contributed by atoms with Crippen LogP contribution in [-0.2, 0) is 9.59 Å². The van der Waals surface area contributed by atoms with E-state index in [0.717, 1.165) is 30.4 Å². The molecule has 1 aromatic carbocycles. The van der Waals surface area contributed by atoms with Gasteiger partial charge < -0.3 is 24.6 Å². The molecule has 0 bridgehead atoms. The second-order valence-corrected chi connectivity index (χ2v) is 6.34. The molecule has 146 valence electrons. The number of likely N-dealkylation sites (tertiary alicyclic amines) is 1.